The van der Waals surface area contributed by atoms with E-state index in [9.17, 15) is 69.3 Å². The fourth-order valence-corrected chi connectivity index (χ4v) is 18.8. The molecule has 6 aliphatic heterocycles. The summed E-state index contributed by atoms with van der Waals surface area (Å²) >= 11 is 0. The van der Waals surface area contributed by atoms with E-state index in [-0.39, 0.29) is 17.4 Å². The second-order valence-corrected chi connectivity index (χ2v) is 42.5. The molecule has 6 saturated heterocycles. The highest BCUT2D eigenvalue weighted by Gasteiger charge is 2.45. The number of terminal acetylenes is 1. The minimum atomic E-state index is -4.65. The van der Waals surface area contributed by atoms with Crippen molar-refractivity contribution in [1.82, 2.24) is 34.7 Å². The summed E-state index contributed by atoms with van der Waals surface area (Å²) in [4.78, 5) is 28.9. The molecule has 0 amide bonds. The zero-order valence-electron chi connectivity index (χ0n) is 88.2. The number of nitriles is 4. The van der Waals surface area contributed by atoms with E-state index >= 15 is 0 Å². The molecule has 29 heteroatoms. The van der Waals surface area contributed by atoms with E-state index in [1.54, 1.807) is 30.6 Å². The maximum absolute atomic E-state index is 14.3. The van der Waals surface area contributed by atoms with Crippen LogP contribution in [0, 0.1) is 124 Å². The topological polar surface area (TPSA) is 149 Å². The molecule has 15 rings (SSSR count). The Labute approximate surface area is 840 Å². The van der Waals surface area contributed by atoms with Gasteiger partial charge >= 0.3 is 18.5 Å². The van der Waals surface area contributed by atoms with Crippen molar-refractivity contribution in [1.29, 1.82) is 21.0 Å². The first kappa shape index (κ1) is 115. The van der Waals surface area contributed by atoms with E-state index in [2.05, 4.69) is 232 Å². The van der Waals surface area contributed by atoms with Crippen LogP contribution in [-0.2, 0) is 40.2 Å². The standard InChI is InChI=1S/2C17H25N3.2C16H20F4N2.C16H17F3N2.C16H25N3.C15H23N3/c1-14-10-15(17(2,3)13-18)12-16(11-14)20-7-5-6-19(4)8-9-20;1-5-19-6-8-20(9-7-19)16-11-14(2)10-15(12-16)17(3,4)13-18;1-11-8-13(16(18,19)20)15(17)14(9-11)22-6-4-21(5-7-22)10-12-2-3-12;1-11-9-13(16(18,19)20)15(17)14(10-11)22-7-5-21(6-8-22)12-3-2-4-12;1-3-4-20-9-15-8-14(20)10-21(15)13-6-11(2)5-12(7-13)16(17,18)19;1-13-9-14(16(2,3)12-17)11-15(10-13)19(6)8-7-18(4)5;1-12-8-13(15(2,3)11-16)10-14(9-12)18(5)7-6-17-4/h2*10-12H,5-9H2,1-4H3;8-9,12H,2-7,10H2,1H3;9-10,12H,2-8H2,1H3;1,5-7,14-15H,4,8-10H2,2H3;9-11H,7-8H2,1-6H3;8-10,17H,6-7H2,1-5H3. The summed E-state index contributed by atoms with van der Waals surface area (Å²) in [5.74, 6) is 1.15. The van der Waals surface area contributed by atoms with Gasteiger partial charge in [-0.15, -0.1) is 6.42 Å². The number of fused-ring (bicyclic) bond motifs is 2. The highest BCUT2D eigenvalue weighted by Crippen LogP contribution is 2.43. The molecule has 18 nitrogen and oxygen atoms in total. The van der Waals surface area contributed by atoms with Crippen LogP contribution in [0.1, 0.15) is 185 Å². The number of anilines is 7. The molecule has 0 spiro atoms. The lowest BCUT2D eigenvalue weighted by Crippen LogP contribution is -2.52. The van der Waals surface area contributed by atoms with E-state index in [1.807, 2.05) is 68.5 Å². The highest BCUT2D eigenvalue weighted by molar-refractivity contribution is 5.60. The largest absolute Gasteiger partial charge is 0.419 e. The normalized spacial score (nSPS) is 18.0. The number of piperazine rings is 4. The summed E-state index contributed by atoms with van der Waals surface area (Å²) in [5, 5.41) is 40.3. The lowest BCUT2D eigenvalue weighted by Gasteiger charge is -2.43. The molecule has 2 bridgehead atoms. The molecule has 1 N–H and O–H groups in total. The van der Waals surface area contributed by atoms with E-state index in [0.29, 0.717) is 67.2 Å². The molecule has 0 radical (unpaired) electrons. The van der Waals surface area contributed by atoms with Gasteiger partial charge in [0.05, 0.1) is 80.5 Å². The number of likely N-dealkylation sites (tertiary alicyclic amines) is 1. The zero-order chi connectivity index (χ0) is 105. The molecule has 8 fully saturated rings. The van der Waals surface area contributed by atoms with Gasteiger partial charge in [0.1, 0.15) is 0 Å². The van der Waals surface area contributed by atoms with Gasteiger partial charge in [-0.2, -0.15) is 60.6 Å². The molecule has 2 atom stereocenters. The Morgan fingerprint density at radius 3 is 1.19 bits per heavy atom. The number of nitrogens with one attached hydrogen (secondary N) is 1. The maximum Gasteiger partial charge on any atom is 0.419 e. The molecule has 142 heavy (non-hydrogen) atoms. The minimum Gasteiger partial charge on any atom is -0.373 e. The van der Waals surface area contributed by atoms with Crippen molar-refractivity contribution >= 4 is 39.8 Å². The van der Waals surface area contributed by atoms with Gasteiger partial charge in [0.2, 0.25) is 0 Å². The highest BCUT2D eigenvalue weighted by atomic mass is 19.4. The molecule has 774 valence electrons. The van der Waals surface area contributed by atoms with Crippen molar-refractivity contribution in [2.24, 2.45) is 5.92 Å². The van der Waals surface area contributed by atoms with Crippen molar-refractivity contribution in [2.75, 3.05) is 240 Å². The van der Waals surface area contributed by atoms with E-state index in [4.69, 9.17) is 6.42 Å². The Hall–Kier alpha value is -10.4. The predicted molar refractivity (Wildman–Crippen MR) is 558 cm³/mol. The molecule has 0 aromatic heterocycles. The fourth-order valence-electron chi connectivity index (χ4n) is 18.8. The van der Waals surface area contributed by atoms with Crippen LogP contribution in [0.4, 0.5) is 88.1 Å². The molecule has 6 heterocycles. The average molecular weight is 1970 g/mol. The van der Waals surface area contributed by atoms with Crippen LogP contribution in [0.3, 0.4) is 0 Å². The van der Waals surface area contributed by atoms with Crippen LogP contribution >= 0.6 is 0 Å². The Balaban J connectivity index is 0.000000185. The van der Waals surface area contributed by atoms with Crippen LogP contribution in [0.2, 0.25) is 0 Å². The Morgan fingerprint density at radius 2 is 0.796 bits per heavy atom. The van der Waals surface area contributed by atoms with Crippen molar-refractivity contribution < 1.29 is 48.3 Å². The van der Waals surface area contributed by atoms with E-state index < -0.39 is 68.5 Å². The monoisotopic (exact) mass is 1970 g/mol. The molecule has 2 saturated carbocycles. The first-order valence-corrected chi connectivity index (χ1v) is 50.2. The number of alkyl halides is 9. The third kappa shape index (κ3) is 32.8. The van der Waals surface area contributed by atoms with Crippen LogP contribution < -0.4 is 39.6 Å². The number of hydrogen-bond acceptors (Lipinski definition) is 18. The lowest BCUT2D eigenvalue weighted by molar-refractivity contribution is -0.140. The van der Waals surface area contributed by atoms with Gasteiger partial charge in [-0.05, 0) is 342 Å². The molecule has 2 unspecified atom stereocenters. The van der Waals surface area contributed by atoms with Gasteiger partial charge in [-0.1, -0.05) is 43.5 Å². The van der Waals surface area contributed by atoms with Crippen molar-refractivity contribution in [2.45, 2.75) is 214 Å². The van der Waals surface area contributed by atoms with Crippen LogP contribution in [0.25, 0.3) is 0 Å². The van der Waals surface area contributed by atoms with Crippen LogP contribution in [0.15, 0.2) is 115 Å². The summed E-state index contributed by atoms with van der Waals surface area (Å²) in [6.45, 7) is 53.8. The SMILES string of the molecule is C#CCN1CC2CC1CN2c1cc(C)cc(C(F)(F)F)c1.CCN1CCN(c2cc(C)cc(C(C)(C)C#N)c2)CC1.CNCCN(C)c1cc(C)cc(C(C)(C)C#N)c1.Cc1cc(N(C)CCN(C)C)cc(C(C)(C)C#N)c1.Cc1cc(N2CCCN(C)CC2)cc(C(C)(C)C#N)c1.Cc1cc(N2CCN(C3CCC3)CC2)c(F)c(C(F)(F)F)c1.Cc1cc(N2CCN(CC3CC3)CC2)c(F)c(C(F)(F)F)c1. The van der Waals surface area contributed by atoms with Gasteiger partial charge in [-0.25, -0.2) is 8.78 Å². The van der Waals surface area contributed by atoms with Gasteiger partial charge in [0, 0.05) is 205 Å². The predicted octanol–water partition coefficient (Wildman–Crippen LogP) is 21.5. The third-order valence-electron chi connectivity index (χ3n) is 28.5. The number of benzene rings is 7. The first-order chi connectivity index (χ1) is 66.6. The molecular weight excluding hydrogens is 1820 g/mol. The van der Waals surface area contributed by atoms with Gasteiger partial charge < -0.3 is 54.3 Å². The molecular formula is C113H155F11N18. The smallest absolute Gasteiger partial charge is 0.373 e. The summed E-state index contributed by atoms with van der Waals surface area (Å²) in [7, 11) is 12.5. The number of likely N-dealkylation sites (N-methyl/N-ethyl adjacent to an activating group) is 6. The second kappa shape index (κ2) is 50.4. The maximum atomic E-state index is 14.3. The van der Waals surface area contributed by atoms with Gasteiger partial charge in [0.25, 0.3) is 0 Å². The van der Waals surface area contributed by atoms with Crippen molar-refractivity contribution in [3.8, 4) is 36.6 Å². The van der Waals surface area contributed by atoms with Crippen LogP contribution in [-0.4, -0.2) is 253 Å². The fraction of sp³-hybridized carbons (Fsp3) is 0.575. The molecule has 7 aromatic rings. The number of nitrogens with zero attached hydrogens (tertiary/aromatic N) is 17. The van der Waals surface area contributed by atoms with Gasteiger partial charge in [0.15, 0.2) is 11.6 Å². The average Bonchev–Trinajstić information content (AvgIpc) is 1.58. The summed E-state index contributed by atoms with van der Waals surface area (Å²) in [6.07, 6.45) is 0.143. The first-order valence-electron chi connectivity index (χ1n) is 50.2. The Morgan fingerprint density at radius 1 is 0.401 bits per heavy atom. The quantitative estimate of drug-likeness (QED) is 0.0506. The summed E-state index contributed by atoms with van der Waals surface area (Å²) < 4.78 is 145. The summed E-state index contributed by atoms with van der Waals surface area (Å²) in [6, 6.07) is 45.8. The van der Waals surface area contributed by atoms with E-state index in [1.165, 1.54) is 114 Å². The van der Waals surface area contributed by atoms with Crippen LogP contribution in [0.5, 0.6) is 0 Å². The third-order valence-corrected chi connectivity index (χ3v) is 28.5. The number of hydrogen-bond donors (Lipinski definition) is 1. The Bertz CT molecular complexity index is 5500. The lowest BCUT2D eigenvalue weighted by atomic mass is 9.85. The minimum absolute atomic E-state index is 0.0818. The molecule has 8 aliphatic rings. The van der Waals surface area contributed by atoms with Crippen molar-refractivity contribution in [3.63, 3.8) is 0 Å². The number of aryl methyl sites for hydroxylation is 7. The van der Waals surface area contributed by atoms with E-state index in [0.717, 1.165) is 171 Å². The summed E-state index contributed by atoms with van der Waals surface area (Å²) in [5.41, 5.74) is 11.9. The number of rotatable bonds is 22. The van der Waals surface area contributed by atoms with Crippen molar-refractivity contribution in [3.05, 3.63) is 205 Å². The molecule has 7 aromatic carbocycles. The van der Waals surface area contributed by atoms with Gasteiger partial charge in [-0.3, -0.25) is 14.7 Å². The second-order valence-electron chi connectivity index (χ2n) is 42.5. The number of halogens is 11. The molecule has 2 aliphatic carbocycles. The Kier molecular flexibility index (Phi) is 40.9. The zero-order valence-corrected chi connectivity index (χ0v) is 88.2.